The second kappa shape index (κ2) is 13.6. The van der Waals surface area contributed by atoms with Crippen LogP contribution in [0.4, 0.5) is 0 Å². The standard InChI is InChI=1S/C20H32N6O2.HI/c1-2-21-20(22-12-7-15-27-16-8-4-3-5-9-16)23-13-11-18-24-19(26-25-18)17-10-6-14-28-17;/h6,10,14,16H,2-5,7-9,11-13,15H2,1H3,(H2,21,22,23)(H,24,25,26);1H. The minimum Gasteiger partial charge on any atom is -0.461 e. The van der Waals surface area contributed by atoms with Gasteiger partial charge in [-0.2, -0.15) is 5.10 Å². The molecule has 0 saturated heterocycles. The van der Waals surface area contributed by atoms with Gasteiger partial charge in [0.1, 0.15) is 5.82 Å². The van der Waals surface area contributed by atoms with Crippen molar-refractivity contribution < 1.29 is 9.15 Å². The number of nitrogens with one attached hydrogen (secondary N) is 3. The predicted octanol–water partition coefficient (Wildman–Crippen LogP) is 3.52. The number of guanidine groups is 1. The number of nitrogens with zero attached hydrogens (tertiary/aromatic N) is 3. The molecule has 8 nitrogen and oxygen atoms in total. The molecule has 1 aliphatic rings. The van der Waals surface area contributed by atoms with Gasteiger partial charge in [-0.15, -0.1) is 24.0 Å². The summed E-state index contributed by atoms with van der Waals surface area (Å²) < 4.78 is 11.3. The smallest absolute Gasteiger partial charge is 0.216 e. The van der Waals surface area contributed by atoms with Crippen LogP contribution in [0.3, 0.4) is 0 Å². The molecule has 162 valence electrons. The predicted molar refractivity (Wildman–Crippen MR) is 125 cm³/mol. The lowest BCUT2D eigenvalue weighted by molar-refractivity contribution is 0.0281. The zero-order valence-electron chi connectivity index (χ0n) is 17.2. The molecule has 0 unspecified atom stereocenters. The lowest BCUT2D eigenvalue weighted by Gasteiger charge is -2.21. The third-order valence-electron chi connectivity index (χ3n) is 4.75. The fourth-order valence-electron chi connectivity index (χ4n) is 3.30. The molecule has 29 heavy (non-hydrogen) atoms. The van der Waals surface area contributed by atoms with Crippen molar-refractivity contribution in [1.82, 2.24) is 25.8 Å². The molecule has 3 N–H and O–H groups in total. The Balaban J connectivity index is 0.00000300. The number of aromatic nitrogens is 3. The van der Waals surface area contributed by atoms with E-state index in [4.69, 9.17) is 9.15 Å². The Morgan fingerprint density at radius 1 is 1.31 bits per heavy atom. The van der Waals surface area contributed by atoms with Crippen LogP contribution in [0.15, 0.2) is 27.8 Å². The first kappa shape index (κ1) is 23.7. The third-order valence-corrected chi connectivity index (χ3v) is 4.75. The van der Waals surface area contributed by atoms with Crippen molar-refractivity contribution in [2.24, 2.45) is 4.99 Å². The molecule has 9 heteroatoms. The summed E-state index contributed by atoms with van der Waals surface area (Å²) >= 11 is 0. The number of aromatic amines is 1. The molecule has 0 radical (unpaired) electrons. The molecule has 1 saturated carbocycles. The summed E-state index contributed by atoms with van der Waals surface area (Å²) in [6, 6.07) is 3.67. The number of hydrogen-bond donors (Lipinski definition) is 3. The summed E-state index contributed by atoms with van der Waals surface area (Å²) in [6.07, 6.45) is 10.2. The summed E-state index contributed by atoms with van der Waals surface area (Å²) in [7, 11) is 0. The van der Waals surface area contributed by atoms with E-state index in [0.29, 0.717) is 17.7 Å². The molecule has 1 fully saturated rings. The largest absolute Gasteiger partial charge is 0.461 e. The first-order valence-corrected chi connectivity index (χ1v) is 10.4. The van der Waals surface area contributed by atoms with Crippen LogP contribution in [-0.4, -0.2) is 53.5 Å². The summed E-state index contributed by atoms with van der Waals surface area (Å²) in [5.41, 5.74) is 0. The minimum atomic E-state index is 0. The molecule has 0 bridgehead atoms. The van der Waals surface area contributed by atoms with E-state index >= 15 is 0 Å². The number of hydrogen-bond acceptors (Lipinski definition) is 5. The molecular formula is C20H33IN6O2. The van der Waals surface area contributed by atoms with Gasteiger partial charge in [0.2, 0.25) is 5.82 Å². The monoisotopic (exact) mass is 516 g/mol. The molecule has 2 aromatic rings. The van der Waals surface area contributed by atoms with E-state index in [9.17, 15) is 0 Å². The van der Waals surface area contributed by atoms with Crippen molar-refractivity contribution in [2.45, 2.75) is 58.0 Å². The van der Waals surface area contributed by atoms with E-state index in [1.54, 1.807) is 6.26 Å². The average Bonchev–Trinajstić information content (AvgIpc) is 3.40. The van der Waals surface area contributed by atoms with E-state index in [-0.39, 0.29) is 24.0 Å². The highest BCUT2D eigenvalue weighted by Crippen LogP contribution is 2.20. The Labute approximate surface area is 189 Å². The third kappa shape index (κ3) is 8.33. The van der Waals surface area contributed by atoms with E-state index in [1.165, 1.54) is 32.1 Å². The van der Waals surface area contributed by atoms with Gasteiger partial charge in [-0.3, -0.25) is 10.1 Å². The van der Waals surface area contributed by atoms with Crippen molar-refractivity contribution in [3.8, 4) is 11.6 Å². The van der Waals surface area contributed by atoms with E-state index in [1.807, 2.05) is 12.1 Å². The number of rotatable bonds is 10. The summed E-state index contributed by atoms with van der Waals surface area (Å²) in [5.74, 6) is 2.89. The van der Waals surface area contributed by atoms with Crippen LogP contribution >= 0.6 is 24.0 Å². The van der Waals surface area contributed by atoms with Crippen LogP contribution in [0, 0.1) is 0 Å². The maximum absolute atomic E-state index is 5.96. The molecule has 0 amide bonds. The number of halogens is 1. The van der Waals surface area contributed by atoms with E-state index in [0.717, 1.165) is 50.9 Å². The Hall–Kier alpha value is -1.62. The van der Waals surface area contributed by atoms with Gasteiger partial charge < -0.3 is 19.8 Å². The molecule has 2 heterocycles. The van der Waals surface area contributed by atoms with Crippen molar-refractivity contribution in [1.29, 1.82) is 0 Å². The van der Waals surface area contributed by atoms with Crippen molar-refractivity contribution >= 4 is 29.9 Å². The first-order chi connectivity index (χ1) is 13.8. The molecule has 0 aliphatic heterocycles. The Morgan fingerprint density at radius 3 is 2.93 bits per heavy atom. The van der Waals surface area contributed by atoms with Crippen LogP contribution in [-0.2, 0) is 11.2 Å². The topological polar surface area (TPSA) is 100 Å². The normalized spacial score (nSPS) is 15.1. The molecule has 0 atom stereocenters. The Bertz CT molecular complexity index is 698. The van der Waals surface area contributed by atoms with Crippen LogP contribution in [0.5, 0.6) is 0 Å². The number of aliphatic imine (C=N–C) groups is 1. The average molecular weight is 516 g/mol. The maximum atomic E-state index is 5.96. The second-order valence-corrected chi connectivity index (χ2v) is 7.00. The van der Waals surface area contributed by atoms with Gasteiger partial charge in [-0.05, 0) is 38.3 Å². The molecule has 0 aromatic carbocycles. The highest BCUT2D eigenvalue weighted by Gasteiger charge is 2.13. The molecular weight excluding hydrogens is 483 g/mol. The van der Waals surface area contributed by atoms with Crippen LogP contribution in [0.1, 0.15) is 51.3 Å². The van der Waals surface area contributed by atoms with E-state index in [2.05, 4.69) is 37.7 Å². The summed E-state index contributed by atoms with van der Waals surface area (Å²) in [6.45, 7) is 5.16. The SMILES string of the molecule is CCNC(=NCCCOC1CCCCC1)NCCc1nc(-c2ccco2)n[nH]1.I. The lowest BCUT2D eigenvalue weighted by atomic mass is 9.98. The first-order valence-electron chi connectivity index (χ1n) is 10.4. The zero-order chi connectivity index (χ0) is 19.4. The van der Waals surface area contributed by atoms with Gasteiger partial charge in [-0.1, -0.05) is 19.3 Å². The second-order valence-electron chi connectivity index (χ2n) is 7.00. The molecule has 2 aromatic heterocycles. The number of furan rings is 1. The van der Waals surface area contributed by atoms with Crippen molar-refractivity contribution in [3.63, 3.8) is 0 Å². The van der Waals surface area contributed by atoms with Crippen molar-refractivity contribution in [3.05, 3.63) is 24.2 Å². The maximum Gasteiger partial charge on any atom is 0.216 e. The number of H-pyrrole nitrogens is 1. The van der Waals surface area contributed by atoms with Gasteiger partial charge in [0, 0.05) is 32.7 Å². The molecule has 0 spiro atoms. The summed E-state index contributed by atoms with van der Waals surface area (Å²) in [5, 5.41) is 13.8. The van der Waals surface area contributed by atoms with E-state index < -0.39 is 0 Å². The number of ether oxygens (including phenoxy) is 1. The minimum absolute atomic E-state index is 0. The summed E-state index contributed by atoms with van der Waals surface area (Å²) in [4.78, 5) is 9.08. The van der Waals surface area contributed by atoms with Gasteiger partial charge in [0.15, 0.2) is 11.7 Å². The van der Waals surface area contributed by atoms with Crippen molar-refractivity contribution in [2.75, 3.05) is 26.2 Å². The van der Waals surface area contributed by atoms with Crippen LogP contribution in [0.2, 0.25) is 0 Å². The Kier molecular flexibility index (Phi) is 11.1. The lowest BCUT2D eigenvalue weighted by Crippen LogP contribution is -2.38. The van der Waals surface area contributed by atoms with Gasteiger partial charge in [-0.25, -0.2) is 4.98 Å². The highest BCUT2D eigenvalue weighted by atomic mass is 127. The quantitative estimate of drug-likeness (QED) is 0.194. The highest BCUT2D eigenvalue weighted by molar-refractivity contribution is 14.0. The van der Waals surface area contributed by atoms with Gasteiger partial charge >= 0.3 is 0 Å². The fraction of sp³-hybridized carbons (Fsp3) is 0.650. The van der Waals surface area contributed by atoms with Gasteiger partial charge in [0.05, 0.1) is 12.4 Å². The molecule has 3 rings (SSSR count). The fourth-order valence-corrected chi connectivity index (χ4v) is 3.30. The Morgan fingerprint density at radius 2 is 2.17 bits per heavy atom. The zero-order valence-corrected chi connectivity index (χ0v) is 19.5. The van der Waals surface area contributed by atoms with Gasteiger partial charge in [0.25, 0.3) is 0 Å². The van der Waals surface area contributed by atoms with Crippen LogP contribution in [0.25, 0.3) is 11.6 Å². The molecule has 1 aliphatic carbocycles. The van der Waals surface area contributed by atoms with Crippen LogP contribution < -0.4 is 10.6 Å².